The van der Waals surface area contributed by atoms with Gasteiger partial charge < -0.3 is 9.84 Å². The zero-order valence-corrected chi connectivity index (χ0v) is 16.0. The van der Waals surface area contributed by atoms with Gasteiger partial charge in [0.1, 0.15) is 12.4 Å². The molecule has 0 bridgehead atoms. The highest BCUT2D eigenvalue weighted by Gasteiger charge is 2.19. The molecule has 1 fully saturated rings. The van der Waals surface area contributed by atoms with Crippen molar-refractivity contribution in [1.82, 2.24) is 19.2 Å². The molecule has 3 rings (SSSR count). The molecule has 7 heteroatoms. The van der Waals surface area contributed by atoms with Gasteiger partial charge in [0.25, 0.3) is 0 Å². The summed E-state index contributed by atoms with van der Waals surface area (Å²) in [7, 11) is 0. The van der Waals surface area contributed by atoms with Crippen molar-refractivity contribution >= 4 is 12.2 Å². The Morgan fingerprint density at radius 2 is 2.31 bits per heavy atom. The third kappa shape index (κ3) is 4.60. The fraction of sp³-hybridized carbons (Fsp3) is 0.474. The zero-order chi connectivity index (χ0) is 18.5. The minimum absolute atomic E-state index is 0.266. The van der Waals surface area contributed by atoms with Crippen LogP contribution in [0.2, 0.25) is 0 Å². The van der Waals surface area contributed by atoms with Crippen LogP contribution in [0.25, 0.3) is 0 Å². The molecule has 1 aliphatic rings. The second kappa shape index (κ2) is 8.62. The van der Waals surface area contributed by atoms with Gasteiger partial charge in [0.2, 0.25) is 0 Å². The lowest BCUT2D eigenvalue weighted by Gasteiger charge is -2.29. The first kappa shape index (κ1) is 18.8. The van der Waals surface area contributed by atoms with E-state index in [2.05, 4.69) is 16.6 Å². The maximum absolute atomic E-state index is 9.87. The number of likely N-dealkylation sites (tertiary alicyclic amines) is 1. The van der Waals surface area contributed by atoms with Gasteiger partial charge in [-0.3, -0.25) is 9.47 Å². The first-order chi connectivity index (χ1) is 12.6. The highest BCUT2D eigenvalue weighted by atomic mass is 32.1. The average Bonchev–Trinajstić information content (AvgIpc) is 2.89. The molecule has 1 aliphatic heterocycles. The third-order valence-corrected chi connectivity index (χ3v) is 4.91. The van der Waals surface area contributed by atoms with E-state index in [1.54, 1.807) is 0 Å². The molecule has 1 aromatic heterocycles. The molecule has 1 aromatic carbocycles. The quantitative estimate of drug-likeness (QED) is 0.597. The maximum Gasteiger partial charge on any atom is 0.199 e. The fourth-order valence-electron chi connectivity index (χ4n) is 3.20. The van der Waals surface area contributed by atoms with Crippen LogP contribution >= 0.6 is 12.2 Å². The number of hydrogen-bond donors (Lipinski definition) is 1. The first-order valence-corrected chi connectivity index (χ1v) is 9.35. The summed E-state index contributed by atoms with van der Waals surface area (Å²) in [5.41, 5.74) is 1.15. The van der Waals surface area contributed by atoms with Crippen molar-refractivity contribution in [2.24, 2.45) is 0 Å². The van der Waals surface area contributed by atoms with Crippen molar-refractivity contribution in [2.75, 3.05) is 13.1 Å². The van der Waals surface area contributed by atoms with Gasteiger partial charge >= 0.3 is 0 Å². The summed E-state index contributed by atoms with van der Waals surface area (Å²) in [4.78, 5) is 2.18. The van der Waals surface area contributed by atoms with Crippen LogP contribution in [0.3, 0.4) is 0 Å². The van der Waals surface area contributed by atoms with E-state index in [4.69, 9.17) is 17.0 Å². The van der Waals surface area contributed by atoms with E-state index in [0.29, 0.717) is 31.1 Å². The molecule has 2 heterocycles. The number of benzene rings is 1. The van der Waals surface area contributed by atoms with E-state index >= 15 is 0 Å². The highest BCUT2D eigenvalue weighted by molar-refractivity contribution is 7.71. The second-order valence-electron chi connectivity index (χ2n) is 6.72. The SMILES string of the molecule is C=CCn1c(COc2cccc(C)c2)nn(CN2CCC[C@@H](O)C2)c1=S. The minimum Gasteiger partial charge on any atom is -0.486 e. The van der Waals surface area contributed by atoms with Crippen LogP contribution < -0.4 is 4.74 Å². The first-order valence-electron chi connectivity index (χ1n) is 8.94. The molecule has 0 spiro atoms. The van der Waals surface area contributed by atoms with E-state index < -0.39 is 0 Å². The van der Waals surface area contributed by atoms with Gasteiger partial charge in [-0.2, -0.15) is 5.10 Å². The lowest BCUT2D eigenvalue weighted by atomic mass is 10.1. The Balaban J connectivity index is 1.76. The standard InChI is InChI=1S/C19H26N4O2S/c1-3-9-22-18(13-25-17-8-4-6-15(2)11-17)20-23(19(22)26)14-21-10-5-7-16(24)12-21/h3-4,6,8,11,16,24H,1,5,7,9-10,12-14H2,2H3/t16-/m1/s1. The molecule has 1 atom stereocenters. The van der Waals surface area contributed by atoms with Crippen LogP contribution in [0.15, 0.2) is 36.9 Å². The van der Waals surface area contributed by atoms with Gasteiger partial charge in [0.05, 0.1) is 12.8 Å². The van der Waals surface area contributed by atoms with Crippen LogP contribution in [0.4, 0.5) is 0 Å². The van der Waals surface area contributed by atoms with E-state index in [9.17, 15) is 5.11 Å². The fourth-order valence-corrected chi connectivity index (χ4v) is 3.48. The lowest BCUT2D eigenvalue weighted by molar-refractivity contribution is 0.0511. The third-order valence-electron chi connectivity index (χ3n) is 4.48. The van der Waals surface area contributed by atoms with Crippen molar-refractivity contribution in [2.45, 2.75) is 45.7 Å². The molecule has 0 aliphatic carbocycles. The number of piperidine rings is 1. The molecule has 0 radical (unpaired) electrons. The van der Waals surface area contributed by atoms with E-state index in [1.807, 2.05) is 46.5 Å². The van der Waals surface area contributed by atoms with E-state index in [0.717, 1.165) is 36.5 Å². The molecular weight excluding hydrogens is 348 g/mol. The molecule has 0 saturated carbocycles. The summed E-state index contributed by atoms with van der Waals surface area (Å²) >= 11 is 5.60. The Hall–Kier alpha value is -1.96. The number of ether oxygens (including phenoxy) is 1. The van der Waals surface area contributed by atoms with E-state index in [-0.39, 0.29) is 6.10 Å². The number of aromatic nitrogens is 3. The Kier molecular flexibility index (Phi) is 6.24. The van der Waals surface area contributed by atoms with Gasteiger partial charge in [0.15, 0.2) is 10.6 Å². The number of nitrogens with zero attached hydrogens (tertiary/aromatic N) is 4. The number of hydrogen-bond acceptors (Lipinski definition) is 5. The van der Waals surface area contributed by atoms with Crippen LogP contribution in [-0.2, 0) is 19.8 Å². The Morgan fingerprint density at radius 3 is 3.04 bits per heavy atom. The second-order valence-corrected chi connectivity index (χ2v) is 7.08. The Morgan fingerprint density at radius 1 is 1.46 bits per heavy atom. The molecule has 0 unspecified atom stereocenters. The van der Waals surface area contributed by atoms with Crippen molar-refractivity contribution in [1.29, 1.82) is 0 Å². The number of aliphatic hydroxyl groups excluding tert-OH is 1. The number of rotatable bonds is 7. The van der Waals surface area contributed by atoms with Gasteiger partial charge in [-0.1, -0.05) is 18.2 Å². The molecule has 6 nitrogen and oxygen atoms in total. The van der Waals surface area contributed by atoms with Crippen LogP contribution in [0.5, 0.6) is 5.75 Å². The summed E-state index contributed by atoms with van der Waals surface area (Å²) in [6.45, 7) is 8.97. The van der Waals surface area contributed by atoms with Crippen molar-refractivity contribution in [3.63, 3.8) is 0 Å². The molecular formula is C19H26N4O2S. The maximum atomic E-state index is 9.87. The normalized spacial score (nSPS) is 18.0. The van der Waals surface area contributed by atoms with E-state index in [1.165, 1.54) is 0 Å². The van der Waals surface area contributed by atoms with Crippen LogP contribution in [0.1, 0.15) is 24.2 Å². The number of allylic oxidation sites excluding steroid dienone is 1. The van der Waals surface area contributed by atoms with Gasteiger partial charge in [-0.15, -0.1) is 6.58 Å². The Bertz CT molecular complexity index is 814. The van der Waals surface area contributed by atoms with Crippen LogP contribution in [-0.4, -0.2) is 43.5 Å². The van der Waals surface area contributed by atoms with Gasteiger partial charge in [-0.05, 0) is 49.7 Å². The zero-order valence-electron chi connectivity index (χ0n) is 15.2. The molecule has 1 saturated heterocycles. The average molecular weight is 375 g/mol. The summed E-state index contributed by atoms with van der Waals surface area (Å²) in [6, 6.07) is 7.94. The molecule has 26 heavy (non-hydrogen) atoms. The number of aryl methyl sites for hydroxylation is 1. The topological polar surface area (TPSA) is 55.5 Å². The summed E-state index contributed by atoms with van der Waals surface area (Å²) in [5.74, 6) is 1.59. The largest absolute Gasteiger partial charge is 0.486 e. The molecule has 140 valence electrons. The van der Waals surface area contributed by atoms with Crippen molar-refractivity contribution in [3.8, 4) is 5.75 Å². The van der Waals surface area contributed by atoms with Crippen molar-refractivity contribution in [3.05, 3.63) is 53.1 Å². The number of aliphatic hydroxyl groups is 1. The van der Waals surface area contributed by atoms with Crippen LogP contribution in [0, 0.1) is 11.7 Å². The van der Waals surface area contributed by atoms with Crippen molar-refractivity contribution < 1.29 is 9.84 Å². The predicted octanol–water partition coefficient (Wildman–Crippen LogP) is 2.90. The molecule has 2 aromatic rings. The smallest absolute Gasteiger partial charge is 0.199 e. The summed E-state index contributed by atoms with van der Waals surface area (Å²) in [6.07, 6.45) is 3.40. The van der Waals surface area contributed by atoms with Gasteiger partial charge in [0, 0.05) is 19.6 Å². The Labute approximate surface area is 159 Å². The highest BCUT2D eigenvalue weighted by Crippen LogP contribution is 2.15. The van der Waals surface area contributed by atoms with Gasteiger partial charge in [-0.25, -0.2) is 4.68 Å². The monoisotopic (exact) mass is 374 g/mol. The minimum atomic E-state index is -0.266. The molecule has 1 N–H and O–H groups in total. The summed E-state index contributed by atoms with van der Waals surface area (Å²) in [5, 5.41) is 14.5. The molecule has 0 amide bonds. The lowest BCUT2D eigenvalue weighted by Crippen LogP contribution is -2.39. The summed E-state index contributed by atoms with van der Waals surface area (Å²) < 4.78 is 10.3. The predicted molar refractivity (Wildman–Crippen MR) is 104 cm³/mol. The number of β-amino-alcohol motifs (C(OH)–C–C–N with tert-alkyl or cyclic N) is 1.